The van der Waals surface area contributed by atoms with Crippen LogP contribution in [0.4, 0.5) is 0 Å². The predicted molar refractivity (Wildman–Crippen MR) is 335 cm³/mol. The van der Waals surface area contributed by atoms with Gasteiger partial charge in [0.25, 0.3) is 5.91 Å². The number of phenolic OH excluding ortho intramolecular Hbond substituents is 1. The number of nitrogens with two attached hydrogens (primary N) is 3. The fraction of sp³-hybridized carbons (Fsp3) is 0.681. The molecule has 2 aromatic carbocycles. The van der Waals surface area contributed by atoms with Crippen molar-refractivity contribution in [1.29, 1.82) is 0 Å². The van der Waals surface area contributed by atoms with E-state index in [1.54, 1.807) is 24.3 Å². The highest BCUT2D eigenvalue weighted by Crippen LogP contribution is 2.65. The smallest absolute Gasteiger partial charge is 0.336 e. The molecule has 0 aromatic heterocycles. The minimum atomic E-state index is -1.22. The second kappa shape index (κ2) is 33.9. The third kappa shape index (κ3) is 17.6. The van der Waals surface area contributed by atoms with Gasteiger partial charge in [-0.3, -0.25) is 14.4 Å². The lowest BCUT2D eigenvalue weighted by molar-refractivity contribution is -0.184. The van der Waals surface area contributed by atoms with Crippen LogP contribution in [0.1, 0.15) is 203 Å². The number of nitrogens with one attached hydrogen (secondary N) is 1. The Labute approximate surface area is 501 Å². The Balaban J connectivity index is 0.953. The minimum absolute atomic E-state index is 0.00911. The van der Waals surface area contributed by atoms with Crippen molar-refractivity contribution in [3.63, 3.8) is 0 Å². The molecule has 0 radical (unpaired) electrons. The van der Waals surface area contributed by atoms with Gasteiger partial charge in [0, 0.05) is 85.5 Å². The maximum absolute atomic E-state index is 14.1. The number of aromatic hydroxyl groups is 1. The summed E-state index contributed by atoms with van der Waals surface area (Å²) in [5.74, 6) is 1.85. The zero-order chi connectivity index (χ0) is 60.0. The molecule has 3 fully saturated rings. The lowest BCUT2D eigenvalue weighted by atomic mass is 9.50. The van der Waals surface area contributed by atoms with Crippen LogP contribution in [0.25, 0.3) is 33.4 Å². The number of amides is 2. The van der Waals surface area contributed by atoms with Gasteiger partial charge in [-0.15, -0.1) is 0 Å². The summed E-state index contributed by atoms with van der Waals surface area (Å²) in [4.78, 5) is 54.9. The van der Waals surface area contributed by atoms with Gasteiger partial charge in [0.05, 0.1) is 23.9 Å². The summed E-state index contributed by atoms with van der Waals surface area (Å²) in [7, 11) is 0. The number of rotatable bonds is 38. The first-order valence-corrected chi connectivity index (χ1v) is 32.8. The molecule has 3 saturated carbocycles. The molecule has 466 valence electrons. The number of phenols is 1. The zero-order valence-electron chi connectivity index (χ0n) is 51.6. The van der Waals surface area contributed by atoms with E-state index >= 15 is 0 Å². The predicted octanol–water partition coefficient (Wildman–Crippen LogP) is 12.7. The standard InChI is InChI=1S/C69H105N5O10/c1-5-7-9-10-11-15-35-74(64(77)22-13-12-14-34-73-67(78)49-23-26-54(57(43-49)68(79)80)66-55-27-24-51(75)45-60(55)84-61-46-52(76)25-28-56(61)66)36-16-20-47(3)58-29-30-59-65-50(44-63(69(58,59)4)83-39-19-33-72)40-48(42-62(65)82-38-18-32-71)41-53(21-8-6-2)81-37-17-31-70/h23-28,43,45-48,50,53,58-59,62-63,65,75H,5-22,29-42,44,70-72H2,1-4H3,(H,73,78)(H,79,80)/t47-,48?,50+,53?,58-,59+,62-,63+,65?,69-/m1/s1. The molecule has 7 rings (SSSR count). The number of unbranched alkanes of at least 4 members (excludes halogenated alkanes) is 8. The van der Waals surface area contributed by atoms with Crippen LogP contribution in [-0.4, -0.2) is 110 Å². The van der Waals surface area contributed by atoms with Crippen LogP contribution in [0.2, 0.25) is 0 Å². The third-order valence-electron chi connectivity index (χ3n) is 19.5. The van der Waals surface area contributed by atoms with Crippen molar-refractivity contribution in [3.05, 3.63) is 75.9 Å². The Kier molecular flexibility index (Phi) is 26.9. The molecule has 0 spiro atoms. The molecule has 4 aliphatic carbocycles. The van der Waals surface area contributed by atoms with Gasteiger partial charge in [-0.1, -0.05) is 85.1 Å². The fourth-order valence-corrected chi connectivity index (χ4v) is 15.3. The highest BCUT2D eigenvalue weighted by Gasteiger charge is 2.62. The Morgan fingerprint density at radius 3 is 2.24 bits per heavy atom. The van der Waals surface area contributed by atoms with Crippen LogP contribution in [-0.2, 0) is 19.0 Å². The first kappa shape index (κ1) is 66.6. The number of nitrogens with zero attached hydrogens (tertiary/aromatic N) is 1. The van der Waals surface area contributed by atoms with E-state index in [2.05, 4.69) is 37.9 Å². The number of hydrogen-bond donors (Lipinski definition) is 6. The van der Waals surface area contributed by atoms with Gasteiger partial charge in [-0.05, 0) is 193 Å². The van der Waals surface area contributed by atoms with Gasteiger partial charge in [-0.2, -0.15) is 0 Å². The monoisotopic (exact) mass is 1160 g/mol. The second-order valence-electron chi connectivity index (χ2n) is 25.3. The number of hydrogen-bond acceptors (Lipinski definition) is 12. The summed E-state index contributed by atoms with van der Waals surface area (Å²) in [5, 5.41) is 24.2. The quantitative estimate of drug-likeness (QED) is 0.0181. The first-order valence-electron chi connectivity index (χ1n) is 32.8. The van der Waals surface area contributed by atoms with Crippen molar-refractivity contribution in [3.8, 4) is 28.2 Å². The Morgan fingerprint density at radius 1 is 0.762 bits per heavy atom. The van der Waals surface area contributed by atoms with Crippen LogP contribution >= 0.6 is 0 Å². The summed E-state index contributed by atoms with van der Waals surface area (Å²) >= 11 is 0. The SMILES string of the molecule is CCCCCCCCN(CCC[C@@H](C)[C@H]1CC[C@H]2C3[C@@H](CC(CC(CCCC)OCCCN)C[C@H]3OCCCN)C[C@H](OCCCN)[C@]12C)C(=O)CCCCCNC(=O)c1ccc(-c2c3ccc(=O)cc-3oc3cc(O)ccc23)c(C(=O)O)c1. The third-order valence-corrected chi connectivity index (χ3v) is 19.5. The Hall–Kier alpha value is -4.90. The van der Waals surface area contributed by atoms with Gasteiger partial charge >= 0.3 is 5.97 Å². The largest absolute Gasteiger partial charge is 0.508 e. The van der Waals surface area contributed by atoms with Crippen LogP contribution in [0, 0.1) is 40.9 Å². The molecule has 1 heterocycles. The molecule has 2 aromatic rings. The van der Waals surface area contributed by atoms with Crippen molar-refractivity contribution >= 4 is 28.8 Å². The maximum Gasteiger partial charge on any atom is 0.336 e. The van der Waals surface area contributed by atoms with Gasteiger partial charge in [0.15, 0.2) is 5.43 Å². The number of carbonyl (C=O) groups is 3. The Morgan fingerprint density at radius 2 is 1.48 bits per heavy atom. The molecule has 9 N–H and O–H groups in total. The topological polar surface area (TPSA) is 243 Å². The van der Waals surface area contributed by atoms with E-state index in [1.165, 1.54) is 81.7 Å². The molecule has 1 aliphatic heterocycles. The normalized spacial score (nSPS) is 22.9. The summed E-state index contributed by atoms with van der Waals surface area (Å²) in [6, 6.07) is 13.4. The molecule has 15 heteroatoms. The van der Waals surface area contributed by atoms with Gasteiger partial charge < -0.3 is 56.3 Å². The molecule has 0 bridgehead atoms. The molecule has 5 aliphatic rings. The number of carbonyl (C=O) groups excluding carboxylic acids is 2. The Bertz CT molecular complexity index is 2700. The van der Waals surface area contributed by atoms with Crippen LogP contribution < -0.4 is 27.9 Å². The van der Waals surface area contributed by atoms with Gasteiger partial charge in [0.2, 0.25) is 5.91 Å². The molecule has 3 unspecified atom stereocenters. The zero-order valence-corrected chi connectivity index (χ0v) is 51.6. The molecular formula is C69H105N5O10. The van der Waals surface area contributed by atoms with Crippen molar-refractivity contribution in [1.82, 2.24) is 10.2 Å². The summed E-state index contributed by atoms with van der Waals surface area (Å²) in [5.41, 5.74) is 19.5. The van der Waals surface area contributed by atoms with Gasteiger partial charge in [0.1, 0.15) is 17.1 Å². The molecular weight excluding hydrogens is 1060 g/mol. The fourth-order valence-electron chi connectivity index (χ4n) is 15.3. The number of carboxylic acid groups (broad SMARTS) is 1. The van der Waals surface area contributed by atoms with Crippen LogP contribution in [0.3, 0.4) is 0 Å². The van der Waals surface area contributed by atoms with E-state index in [9.17, 15) is 29.4 Å². The van der Waals surface area contributed by atoms with E-state index in [1.807, 2.05) is 0 Å². The lowest BCUT2D eigenvalue weighted by Gasteiger charge is -2.58. The maximum atomic E-state index is 14.1. The number of benzene rings is 3. The van der Waals surface area contributed by atoms with Crippen LogP contribution in [0.5, 0.6) is 5.75 Å². The van der Waals surface area contributed by atoms with Gasteiger partial charge in [-0.25, -0.2) is 4.79 Å². The number of fused-ring (bicyclic) bond motifs is 5. The van der Waals surface area contributed by atoms with Crippen LogP contribution in [0.15, 0.2) is 63.8 Å². The number of carboxylic acids is 1. The van der Waals surface area contributed by atoms with E-state index in [0.717, 1.165) is 103 Å². The molecule has 15 nitrogen and oxygen atoms in total. The summed E-state index contributed by atoms with van der Waals surface area (Å²) in [6.07, 6.45) is 25.1. The molecule has 2 amide bonds. The van der Waals surface area contributed by atoms with E-state index < -0.39 is 11.9 Å². The summed E-state index contributed by atoms with van der Waals surface area (Å²) < 4.78 is 26.5. The minimum Gasteiger partial charge on any atom is -0.508 e. The van der Waals surface area contributed by atoms with Crippen molar-refractivity contribution in [2.45, 2.75) is 200 Å². The first-order chi connectivity index (χ1) is 40.7. The summed E-state index contributed by atoms with van der Waals surface area (Å²) in [6.45, 7) is 15.5. The number of ether oxygens (including phenoxy) is 3. The highest BCUT2D eigenvalue weighted by molar-refractivity contribution is 6.09. The molecule has 0 saturated heterocycles. The van der Waals surface area contributed by atoms with Crippen molar-refractivity contribution < 1.29 is 43.2 Å². The second-order valence-corrected chi connectivity index (χ2v) is 25.3. The van der Waals surface area contributed by atoms with E-state index in [-0.39, 0.29) is 63.3 Å². The average molecular weight is 1160 g/mol. The lowest BCUT2D eigenvalue weighted by Crippen LogP contribution is -2.57. The average Bonchev–Trinajstić information content (AvgIpc) is 1.48. The van der Waals surface area contributed by atoms with E-state index in [4.69, 9.17) is 35.8 Å². The van der Waals surface area contributed by atoms with Crippen molar-refractivity contribution in [2.24, 2.45) is 58.1 Å². The highest BCUT2D eigenvalue weighted by atomic mass is 16.5. The van der Waals surface area contributed by atoms with Crippen molar-refractivity contribution in [2.75, 3.05) is 59.1 Å². The molecule has 84 heavy (non-hydrogen) atoms. The van der Waals surface area contributed by atoms with E-state index in [0.29, 0.717) is 116 Å². The number of aromatic carboxylic acids is 1. The molecule has 10 atom stereocenters.